The molecule has 3 rings (SSSR count). The Bertz CT molecular complexity index is 587. The predicted molar refractivity (Wildman–Crippen MR) is 104 cm³/mol. The van der Waals surface area contributed by atoms with Crippen molar-refractivity contribution >= 4 is 17.7 Å². The van der Waals surface area contributed by atoms with Gasteiger partial charge in [0, 0.05) is 45.1 Å². The molecule has 2 unspecified atom stereocenters. The Kier molecular flexibility index (Phi) is 6.93. The van der Waals surface area contributed by atoms with E-state index >= 15 is 0 Å². The van der Waals surface area contributed by atoms with Crippen molar-refractivity contribution in [2.45, 2.75) is 76.0 Å². The minimum absolute atomic E-state index is 0.0990. The topological polar surface area (TPSA) is 105 Å². The standard InChI is InChI=1S/C20H34N4O4/c1-13(25)24-12-17(23(9-10-28-2)20(27)14-3-4-14)11-18(24)19(26)22-16-7-5-15(21)6-8-16/h14-18H,3-12,21H2,1-2H3,(H,22,26). The second-order valence-electron chi connectivity index (χ2n) is 8.50. The first-order chi connectivity index (χ1) is 13.4. The zero-order chi connectivity index (χ0) is 20.3. The zero-order valence-electron chi connectivity index (χ0n) is 17.1. The average Bonchev–Trinajstić information content (AvgIpc) is 3.42. The Morgan fingerprint density at radius 1 is 1.14 bits per heavy atom. The van der Waals surface area contributed by atoms with Crippen LogP contribution in [0.4, 0.5) is 0 Å². The van der Waals surface area contributed by atoms with Crippen molar-refractivity contribution in [2.75, 3.05) is 26.8 Å². The van der Waals surface area contributed by atoms with E-state index in [-0.39, 0.29) is 41.8 Å². The fraction of sp³-hybridized carbons (Fsp3) is 0.850. The molecule has 0 aromatic carbocycles. The van der Waals surface area contributed by atoms with E-state index in [1.807, 2.05) is 4.90 Å². The van der Waals surface area contributed by atoms with Crippen molar-refractivity contribution in [1.29, 1.82) is 0 Å². The highest BCUT2D eigenvalue weighted by Crippen LogP contribution is 2.33. The van der Waals surface area contributed by atoms with Crippen LogP contribution in [0.2, 0.25) is 0 Å². The molecule has 0 spiro atoms. The van der Waals surface area contributed by atoms with Crippen molar-refractivity contribution in [3.8, 4) is 0 Å². The summed E-state index contributed by atoms with van der Waals surface area (Å²) in [4.78, 5) is 41.3. The molecule has 3 fully saturated rings. The summed E-state index contributed by atoms with van der Waals surface area (Å²) in [5.41, 5.74) is 5.95. The number of ether oxygens (including phenoxy) is 1. The number of amides is 3. The molecule has 2 saturated carbocycles. The minimum atomic E-state index is -0.518. The monoisotopic (exact) mass is 394 g/mol. The molecule has 1 aliphatic heterocycles. The summed E-state index contributed by atoms with van der Waals surface area (Å²) in [6.45, 7) is 2.85. The summed E-state index contributed by atoms with van der Waals surface area (Å²) in [6, 6.07) is -0.309. The molecule has 3 amide bonds. The lowest BCUT2D eigenvalue weighted by Crippen LogP contribution is -2.49. The molecule has 2 atom stereocenters. The normalized spacial score (nSPS) is 30.2. The second kappa shape index (κ2) is 9.22. The lowest BCUT2D eigenvalue weighted by Gasteiger charge is -2.29. The van der Waals surface area contributed by atoms with Gasteiger partial charge in [0.25, 0.3) is 0 Å². The SMILES string of the molecule is COCCN(C(=O)C1CC1)C1CC(C(=O)NC2CCC(N)CC2)N(C(C)=O)C1. The van der Waals surface area contributed by atoms with E-state index in [1.165, 1.54) is 6.92 Å². The number of nitrogens with two attached hydrogens (primary N) is 1. The fourth-order valence-corrected chi connectivity index (χ4v) is 4.42. The molecule has 0 aromatic rings. The van der Waals surface area contributed by atoms with Gasteiger partial charge in [0.05, 0.1) is 12.6 Å². The average molecular weight is 395 g/mol. The number of nitrogens with zero attached hydrogens (tertiary/aromatic N) is 2. The van der Waals surface area contributed by atoms with Crippen LogP contribution in [-0.2, 0) is 19.1 Å². The number of hydrogen-bond acceptors (Lipinski definition) is 5. The summed E-state index contributed by atoms with van der Waals surface area (Å²) >= 11 is 0. The Hall–Kier alpha value is -1.67. The number of nitrogens with one attached hydrogen (secondary N) is 1. The Labute approximate surface area is 167 Å². The maximum atomic E-state index is 12.9. The van der Waals surface area contributed by atoms with E-state index in [9.17, 15) is 14.4 Å². The molecule has 0 radical (unpaired) electrons. The largest absolute Gasteiger partial charge is 0.383 e. The van der Waals surface area contributed by atoms with Crippen LogP contribution in [0.15, 0.2) is 0 Å². The lowest BCUT2D eigenvalue weighted by atomic mass is 9.91. The van der Waals surface area contributed by atoms with Gasteiger partial charge >= 0.3 is 0 Å². The van der Waals surface area contributed by atoms with Crippen LogP contribution >= 0.6 is 0 Å². The van der Waals surface area contributed by atoms with Crippen LogP contribution < -0.4 is 11.1 Å². The quantitative estimate of drug-likeness (QED) is 0.644. The molecular formula is C20H34N4O4. The van der Waals surface area contributed by atoms with Gasteiger partial charge < -0.3 is 25.6 Å². The predicted octanol–water partition coefficient (Wildman–Crippen LogP) is 0.247. The molecule has 158 valence electrons. The van der Waals surface area contributed by atoms with Crippen LogP contribution in [0.25, 0.3) is 0 Å². The van der Waals surface area contributed by atoms with E-state index in [0.29, 0.717) is 26.1 Å². The number of hydrogen-bond donors (Lipinski definition) is 2. The second-order valence-corrected chi connectivity index (χ2v) is 8.50. The molecule has 8 heteroatoms. The van der Waals surface area contributed by atoms with Gasteiger partial charge in [0.2, 0.25) is 17.7 Å². The van der Waals surface area contributed by atoms with Gasteiger partial charge in [0.15, 0.2) is 0 Å². The molecule has 8 nitrogen and oxygen atoms in total. The summed E-state index contributed by atoms with van der Waals surface area (Å²) in [6.07, 6.45) is 5.93. The summed E-state index contributed by atoms with van der Waals surface area (Å²) < 4.78 is 5.18. The third-order valence-corrected chi connectivity index (χ3v) is 6.29. The van der Waals surface area contributed by atoms with Crippen molar-refractivity contribution < 1.29 is 19.1 Å². The van der Waals surface area contributed by atoms with E-state index < -0.39 is 6.04 Å². The van der Waals surface area contributed by atoms with E-state index in [1.54, 1.807) is 12.0 Å². The van der Waals surface area contributed by atoms with Gasteiger partial charge in [-0.05, 0) is 44.9 Å². The van der Waals surface area contributed by atoms with Crippen LogP contribution in [0.1, 0.15) is 51.9 Å². The van der Waals surface area contributed by atoms with Gasteiger partial charge in [-0.15, -0.1) is 0 Å². The van der Waals surface area contributed by atoms with Crippen molar-refractivity contribution in [3.05, 3.63) is 0 Å². The third-order valence-electron chi connectivity index (χ3n) is 6.29. The molecule has 1 saturated heterocycles. The van der Waals surface area contributed by atoms with Crippen molar-refractivity contribution in [1.82, 2.24) is 15.1 Å². The summed E-state index contributed by atoms with van der Waals surface area (Å²) in [5, 5.41) is 3.12. The van der Waals surface area contributed by atoms with Crippen molar-refractivity contribution in [2.24, 2.45) is 11.7 Å². The first kappa shape index (κ1) is 21.0. The van der Waals surface area contributed by atoms with Crippen LogP contribution in [-0.4, -0.2) is 78.5 Å². The Morgan fingerprint density at radius 3 is 2.39 bits per heavy atom. The van der Waals surface area contributed by atoms with E-state index in [2.05, 4.69) is 5.32 Å². The van der Waals surface area contributed by atoms with E-state index in [0.717, 1.165) is 38.5 Å². The molecular weight excluding hydrogens is 360 g/mol. The molecule has 3 aliphatic rings. The van der Waals surface area contributed by atoms with Gasteiger partial charge in [-0.3, -0.25) is 14.4 Å². The summed E-state index contributed by atoms with van der Waals surface area (Å²) in [5.74, 6) is -0.00236. The Balaban J connectivity index is 1.65. The Morgan fingerprint density at radius 2 is 1.82 bits per heavy atom. The maximum absolute atomic E-state index is 12.9. The van der Waals surface area contributed by atoms with Gasteiger partial charge in [0.1, 0.15) is 6.04 Å². The number of likely N-dealkylation sites (tertiary alicyclic amines) is 1. The molecule has 0 bridgehead atoms. The van der Waals surface area contributed by atoms with Gasteiger partial charge in [-0.2, -0.15) is 0 Å². The molecule has 28 heavy (non-hydrogen) atoms. The molecule has 2 aliphatic carbocycles. The lowest BCUT2D eigenvalue weighted by molar-refractivity contribution is -0.137. The molecule has 3 N–H and O–H groups in total. The summed E-state index contributed by atoms with van der Waals surface area (Å²) in [7, 11) is 1.61. The first-order valence-corrected chi connectivity index (χ1v) is 10.5. The molecule has 0 aromatic heterocycles. The minimum Gasteiger partial charge on any atom is -0.383 e. The third kappa shape index (κ3) is 5.03. The van der Waals surface area contributed by atoms with Crippen molar-refractivity contribution in [3.63, 3.8) is 0 Å². The van der Waals surface area contributed by atoms with E-state index in [4.69, 9.17) is 10.5 Å². The van der Waals surface area contributed by atoms with Crippen LogP contribution in [0.5, 0.6) is 0 Å². The maximum Gasteiger partial charge on any atom is 0.243 e. The van der Waals surface area contributed by atoms with Crippen LogP contribution in [0.3, 0.4) is 0 Å². The fourth-order valence-electron chi connectivity index (χ4n) is 4.42. The van der Waals surface area contributed by atoms with Crippen LogP contribution in [0, 0.1) is 5.92 Å². The number of carbonyl (C=O) groups is 3. The highest BCUT2D eigenvalue weighted by molar-refractivity contribution is 5.88. The number of methoxy groups -OCH3 is 1. The molecule has 1 heterocycles. The first-order valence-electron chi connectivity index (χ1n) is 10.5. The smallest absolute Gasteiger partial charge is 0.243 e. The highest BCUT2D eigenvalue weighted by Gasteiger charge is 2.44. The number of rotatable bonds is 7. The zero-order valence-corrected chi connectivity index (χ0v) is 17.1. The highest BCUT2D eigenvalue weighted by atomic mass is 16.5. The van der Waals surface area contributed by atoms with Gasteiger partial charge in [-0.1, -0.05) is 0 Å². The van der Waals surface area contributed by atoms with Gasteiger partial charge in [-0.25, -0.2) is 0 Å². The number of carbonyl (C=O) groups excluding carboxylic acids is 3.